The number of carbonyl (C=O) groups excluding carboxylic acids is 2. The number of anilines is 2. The lowest BCUT2D eigenvalue weighted by atomic mass is 10.1. The van der Waals surface area contributed by atoms with Crippen LogP contribution in [0.25, 0.3) is 11.6 Å². The van der Waals surface area contributed by atoms with Crippen LogP contribution in [0.4, 0.5) is 24.8 Å². The van der Waals surface area contributed by atoms with Crippen LogP contribution in [0.3, 0.4) is 0 Å². The minimum absolute atomic E-state index is 0.0417. The molecule has 2 amide bonds. The lowest BCUT2D eigenvalue weighted by Crippen LogP contribution is -2.35. The van der Waals surface area contributed by atoms with E-state index in [0.717, 1.165) is 12.1 Å². The van der Waals surface area contributed by atoms with E-state index < -0.39 is 29.6 Å². The Balaban J connectivity index is 1.66. The van der Waals surface area contributed by atoms with Crippen LogP contribution in [0.2, 0.25) is 0 Å². The Hall–Kier alpha value is -3.63. The van der Waals surface area contributed by atoms with E-state index in [1.807, 2.05) is 0 Å². The number of carbonyl (C=O) groups is 2. The van der Waals surface area contributed by atoms with Crippen LogP contribution in [-0.4, -0.2) is 26.6 Å². The van der Waals surface area contributed by atoms with Gasteiger partial charge in [-0.25, -0.2) is 0 Å². The second-order valence-electron chi connectivity index (χ2n) is 6.03. The van der Waals surface area contributed by atoms with E-state index in [1.54, 1.807) is 12.1 Å². The first kappa shape index (κ1) is 17.8. The van der Waals surface area contributed by atoms with Crippen molar-refractivity contribution in [1.29, 1.82) is 0 Å². The highest BCUT2D eigenvalue weighted by molar-refractivity contribution is 6.01. The molecule has 3 aromatic rings. The van der Waals surface area contributed by atoms with Crippen molar-refractivity contribution in [3.8, 4) is 11.6 Å². The first-order valence-corrected chi connectivity index (χ1v) is 8.09. The summed E-state index contributed by atoms with van der Waals surface area (Å²) in [5.74, 6) is -0.555. The van der Waals surface area contributed by atoms with E-state index in [2.05, 4.69) is 20.8 Å². The number of nitrogens with one attached hydrogen (secondary N) is 2. The first-order chi connectivity index (χ1) is 13.3. The number of aromatic nitrogens is 3. The number of alkyl halides is 3. The molecule has 0 saturated heterocycles. The van der Waals surface area contributed by atoms with Gasteiger partial charge in [0.2, 0.25) is 23.6 Å². The minimum Gasteiger partial charge on any atom is -0.461 e. The second kappa shape index (κ2) is 6.51. The van der Waals surface area contributed by atoms with Crippen LogP contribution in [0.1, 0.15) is 18.0 Å². The van der Waals surface area contributed by atoms with Crippen LogP contribution >= 0.6 is 0 Å². The maximum Gasteiger partial charge on any atom is 0.416 e. The number of fused-ring (bicyclic) bond motifs is 1. The fourth-order valence-electron chi connectivity index (χ4n) is 2.90. The van der Waals surface area contributed by atoms with Crippen molar-refractivity contribution in [3.63, 3.8) is 0 Å². The normalized spacial score (nSPS) is 16.4. The molecule has 0 spiro atoms. The van der Waals surface area contributed by atoms with Crippen LogP contribution < -0.4 is 10.6 Å². The fraction of sp³-hybridized carbons (Fsp3) is 0.176. The van der Waals surface area contributed by atoms with Gasteiger partial charge in [-0.2, -0.15) is 13.2 Å². The van der Waals surface area contributed by atoms with Gasteiger partial charge in [0, 0.05) is 5.69 Å². The second-order valence-corrected chi connectivity index (χ2v) is 6.03. The minimum atomic E-state index is -4.54. The molecule has 0 aliphatic carbocycles. The number of benzene rings is 1. The van der Waals surface area contributed by atoms with Gasteiger partial charge in [0.1, 0.15) is 6.04 Å². The Labute approximate surface area is 155 Å². The molecule has 0 bridgehead atoms. The number of nitrogens with zero attached hydrogens (tertiary/aromatic N) is 3. The van der Waals surface area contributed by atoms with Gasteiger partial charge in [0.15, 0.2) is 5.76 Å². The molecule has 11 heteroatoms. The summed E-state index contributed by atoms with van der Waals surface area (Å²) < 4.78 is 45.3. The van der Waals surface area contributed by atoms with Gasteiger partial charge < -0.3 is 9.73 Å². The summed E-state index contributed by atoms with van der Waals surface area (Å²) in [5.41, 5.74) is -0.937. The van der Waals surface area contributed by atoms with Gasteiger partial charge in [-0.1, -0.05) is 6.07 Å². The number of furan rings is 1. The molecular formula is C17H12F3N5O3. The molecule has 3 heterocycles. The Bertz CT molecular complexity index is 1040. The molecule has 0 unspecified atom stereocenters. The summed E-state index contributed by atoms with van der Waals surface area (Å²) in [7, 11) is 0. The summed E-state index contributed by atoms with van der Waals surface area (Å²) in [6.07, 6.45) is -3.36. The number of hydrogen-bond donors (Lipinski definition) is 2. The lowest BCUT2D eigenvalue weighted by molar-refractivity contribution is -0.137. The average molecular weight is 391 g/mol. The third-order valence-electron chi connectivity index (χ3n) is 4.14. The smallest absolute Gasteiger partial charge is 0.416 e. The van der Waals surface area contributed by atoms with Gasteiger partial charge >= 0.3 is 6.18 Å². The van der Waals surface area contributed by atoms with Gasteiger partial charge in [0.05, 0.1) is 18.2 Å². The van der Waals surface area contributed by atoms with E-state index in [4.69, 9.17) is 4.42 Å². The first-order valence-electron chi connectivity index (χ1n) is 8.09. The molecule has 2 N–H and O–H groups in total. The van der Waals surface area contributed by atoms with Gasteiger partial charge in [0.25, 0.3) is 0 Å². The topological polar surface area (TPSA) is 102 Å². The van der Waals surface area contributed by atoms with Crippen LogP contribution in [0.5, 0.6) is 0 Å². The summed E-state index contributed by atoms with van der Waals surface area (Å²) in [5, 5.41) is 12.7. The molecule has 1 aliphatic rings. The van der Waals surface area contributed by atoms with Crippen LogP contribution in [0.15, 0.2) is 47.1 Å². The monoisotopic (exact) mass is 391 g/mol. The molecular weight excluding hydrogens is 379 g/mol. The largest absolute Gasteiger partial charge is 0.461 e. The standard InChI is InChI=1S/C17H12F3N5O3/c18-17(19,20)9-3-1-4-10(7-9)21-15(27)11-8-13(26)22-16-24-23-14(25(11)16)12-5-2-6-28-12/h1-7,11H,8H2,(H,21,27)(H,22,24,26)/t11-/m1/s1. The van der Waals surface area contributed by atoms with E-state index in [0.29, 0.717) is 5.76 Å². The Kier molecular flexibility index (Phi) is 4.13. The average Bonchev–Trinajstić information content (AvgIpc) is 3.29. The highest BCUT2D eigenvalue weighted by Gasteiger charge is 2.35. The van der Waals surface area contributed by atoms with E-state index in [9.17, 15) is 22.8 Å². The third-order valence-corrected chi connectivity index (χ3v) is 4.14. The molecule has 1 aliphatic heterocycles. The van der Waals surface area contributed by atoms with Crippen molar-refractivity contribution in [2.75, 3.05) is 10.6 Å². The zero-order valence-electron chi connectivity index (χ0n) is 14.0. The molecule has 0 saturated carbocycles. The quantitative estimate of drug-likeness (QED) is 0.714. The van der Waals surface area contributed by atoms with Gasteiger partial charge in [-0.05, 0) is 30.3 Å². The van der Waals surface area contributed by atoms with E-state index in [-0.39, 0.29) is 23.9 Å². The lowest BCUT2D eigenvalue weighted by Gasteiger charge is -2.24. The van der Waals surface area contributed by atoms with Crippen molar-refractivity contribution in [2.45, 2.75) is 18.6 Å². The molecule has 0 fully saturated rings. The summed E-state index contributed by atoms with van der Waals surface area (Å²) in [4.78, 5) is 24.7. The molecule has 28 heavy (non-hydrogen) atoms. The van der Waals surface area contributed by atoms with Crippen molar-refractivity contribution >= 4 is 23.5 Å². The highest BCUT2D eigenvalue weighted by Crippen LogP contribution is 2.33. The van der Waals surface area contributed by atoms with Crippen molar-refractivity contribution < 1.29 is 27.2 Å². The van der Waals surface area contributed by atoms with Crippen molar-refractivity contribution in [1.82, 2.24) is 14.8 Å². The number of amides is 2. The molecule has 1 atom stereocenters. The molecule has 0 radical (unpaired) electrons. The Morgan fingerprint density at radius 1 is 1.25 bits per heavy atom. The zero-order valence-corrected chi connectivity index (χ0v) is 14.0. The number of hydrogen-bond acceptors (Lipinski definition) is 5. The van der Waals surface area contributed by atoms with Gasteiger partial charge in [-0.3, -0.25) is 19.5 Å². The summed E-state index contributed by atoms with van der Waals surface area (Å²) >= 11 is 0. The molecule has 4 rings (SSSR count). The van der Waals surface area contributed by atoms with Crippen LogP contribution in [0, 0.1) is 0 Å². The highest BCUT2D eigenvalue weighted by atomic mass is 19.4. The third kappa shape index (κ3) is 3.21. The summed E-state index contributed by atoms with van der Waals surface area (Å²) in [6, 6.07) is 6.40. The van der Waals surface area contributed by atoms with Crippen molar-refractivity contribution in [2.24, 2.45) is 0 Å². The number of rotatable bonds is 3. The van der Waals surface area contributed by atoms with E-state index in [1.165, 1.54) is 23.0 Å². The fourth-order valence-corrected chi connectivity index (χ4v) is 2.90. The summed E-state index contributed by atoms with van der Waals surface area (Å²) in [6.45, 7) is 0. The Morgan fingerprint density at radius 3 is 2.79 bits per heavy atom. The van der Waals surface area contributed by atoms with Crippen molar-refractivity contribution in [3.05, 3.63) is 48.2 Å². The van der Waals surface area contributed by atoms with Crippen LogP contribution in [-0.2, 0) is 15.8 Å². The molecule has 2 aromatic heterocycles. The van der Waals surface area contributed by atoms with Gasteiger partial charge in [-0.15, -0.1) is 10.2 Å². The predicted molar refractivity (Wildman–Crippen MR) is 90.1 cm³/mol. The maximum absolute atomic E-state index is 12.9. The Morgan fingerprint density at radius 2 is 2.07 bits per heavy atom. The number of halogens is 3. The maximum atomic E-state index is 12.9. The molecule has 1 aromatic carbocycles. The SMILES string of the molecule is O=C1C[C@H](C(=O)Nc2cccc(C(F)(F)F)c2)n2c(nnc2-c2ccco2)N1. The van der Waals surface area contributed by atoms with E-state index >= 15 is 0 Å². The molecule has 8 nitrogen and oxygen atoms in total. The zero-order chi connectivity index (χ0) is 19.9. The molecule has 144 valence electrons. The predicted octanol–water partition coefficient (Wildman–Crippen LogP) is 3.08.